The zero-order chi connectivity index (χ0) is 29.5. The fourth-order valence-corrected chi connectivity index (χ4v) is 6.81. The molecule has 12 heteroatoms. The maximum absolute atomic E-state index is 12.6. The second-order valence-corrected chi connectivity index (χ2v) is 13.0. The highest BCUT2D eigenvalue weighted by molar-refractivity contribution is 7.90. The van der Waals surface area contributed by atoms with Crippen molar-refractivity contribution in [2.45, 2.75) is 101 Å². The summed E-state index contributed by atoms with van der Waals surface area (Å²) in [5, 5.41) is 0. The molecule has 1 aromatic rings. The second-order valence-electron chi connectivity index (χ2n) is 11.3. The van der Waals surface area contributed by atoms with Crippen molar-refractivity contribution in [3.63, 3.8) is 0 Å². The van der Waals surface area contributed by atoms with Gasteiger partial charge < -0.3 is 14.4 Å². The topological polar surface area (TPSA) is 88.2 Å². The molecule has 0 bridgehead atoms. The molecule has 8 nitrogen and oxygen atoms in total. The Bertz CT molecular complexity index is 1150. The van der Waals surface area contributed by atoms with Crippen molar-refractivity contribution in [3.8, 4) is 5.75 Å². The summed E-state index contributed by atoms with van der Waals surface area (Å²) in [7, 11) is -4.18. The van der Waals surface area contributed by atoms with Crippen molar-refractivity contribution in [1.29, 1.82) is 0 Å². The van der Waals surface area contributed by atoms with E-state index >= 15 is 0 Å². The van der Waals surface area contributed by atoms with E-state index in [1.807, 2.05) is 12.3 Å². The number of alkyl halides is 3. The number of carbonyl (C=O) groups excluding carboxylic acids is 1. The molecule has 1 saturated heterocycles. The number of aryl methyl sites for hydroxylation is 1. The van der Waals surface area contributed by atoms with Crippen LogP contribution in [0.3, 0.4) is 0 Å². The molecular weight excluding hydrogens is 559 g/mol. The van der Waals surface area contributed by atoms with Gasteiger partial charge in [0.1, 0.15) is 12.0 Å². The Morgan fingerprint density at radius 2 is 1.88 bits per heavy atom. The summed E-state index contributed by atoms with van der Waals surface area (Å²) >= 11 is 0. The highest BCUT2D eigenvalue weighted by Crippen LogP contribution is 2.32. The van der Waals surface area contributed by atoms with Gasteiger partial charge in [0.05, 0.1) is 13.2 Å². The number of carbonyl (C=O) groups is 1. The van der Waals surface area contributed by atoms with Gasteiger partial charge >= 0.3 is 15.5 Å². The number of likely N-dealkylation sites (tertiary alicyclic amines) is 1. The zero-order valence-electron chi connectivity index (χ0n) is 23.7. The van der Waals surface area contributed by atoms with E-state index in [1.54, 1.807) is 25.5 Å². The van der Waals surface area contributed by atoms with Crippen molar-refractivity contribution in [2.75, 3.05) is 20.2 Å². The van der Waals surface area contributed by atoms with Gasteiger partial charge in [-0.3, -0.25) is 9.69 Å². The first-order valence-corrected chi connectivity index (χ1v) is 16.2. The lowest BCUT2D eigenvalue weighted by atomic mass is 9.86. The highest BCUT2D eigenvalue weighted by atomic mass is 32.2. The number of rotatable bonds is 13. The summed E-state index contributed by atoms with van der Waals surface area (Å²) in [5.74, 6) is 0.307. The quantitative estimate of drug-likeness (QED) is 0.302. The molecule has 1 aliphatic carbocycles. The molecule has 41 heavy (non-hydrogen) atoms. The van der Waals surface area contributed by atoms with Crippen LogP contribution < -0.4 is 9.46 Å². The lowest BCUT2D eigenvalue weighted by molar-refractivity contribution is -0.120. The Hall–Kier alpha value is -2.47. The number of nitrogens with zero attached hydrogens (tertiary/aromatic N) is 2. The van der Waals surface area contributed by atoms with Crippen molar-refractivity contribution >= 4 is 15.9 Å². The minimum atomic E-state index is -5.73. The monoisotopic (exact) mass is 601 g/mol. The number of benzene rings is 1. The molecule has 0 radical (unpaired) electrons. The van der Waals surface area contributed by atoms with Gasteiger partial charge in [-0.1, -0.05) is 51.0 Å². The summed E-state index contributed by atoms with van der Waals surface area (Å²) in [5.41, 5.74) is -3.91. The Balaban J connectivity index is 1.35. The standard InChI is InChI=1S/C29H42F3N3O5S/c1-39-25-14-12-23(13-15-27(36)33-41(37,38)29(30,31)32)24(20-25)21-35-17-7-11-26(35)28-34(18-19-40-28)16-6-5-10-22-8-3-2-4-9-22/h12,14,18-20,22,26,28H,2-11,13,15-17,21H2,1H3,(H,33,36)/t26?,28-/m0/s1. The predicted molar refractivity (Wildman–Crippen MR) is 149 cm³/mol. The van der Waals surface area contributed by atoms with Crippen molar-refractivity contribution in [2.24, 2.45) is 5.92 Å². The molecule has 0 spiro atoms. The molecular formula is C29H42F3N3O5S. The van der Waals surface area contributed by atoms with Gasteiger partial charge in [-0.2, -0.15) is 21.6 Å². The van der Waals surface area contributed by atoms with Crippen LogP contribution in [-0.2, 0) is 32.5 Å². The first kappa shape index (κ1) is 31.5. The number of nitrogens with one attached hydrogen (secondary N) is 1. The summed E-state index contributed by atoms with van der Waals surface area (Å²) in [6, 6.07) is 5.52. The van der Waals surface area contributed by atoms with E-state index in [2.05, 4.69) is 9.80 Å². The first-order valence-electron chi connectivity index (χ1n) is 14.7. The largest absolute Gasteiger partial charge is 0.516 e. The van der Waals surface area contributed by atoms with E-state index in [0.717, 1.165) is 54.1 Å². The third-order valence-electron chi connectivity index (χ3n) is 8.51. The molecule has 4 rings (SSSR count). The molecule has 3 aliphatic rings. The van der Waals surface area contributed by atoms with Gasteiger partial charge in [0.25, 0.3) is 0 Å². The van der Waals surface area contributed by atoms with Crippen LogP contribution in [0.15, 0.2) is 30.7 Å². The average molecular weight is 602 g/mol. The number of sulfonamides is 1. The maximum atomic E-state index is 12.6. The van der Waals surface area contributed by atoms with Gasteiger partial charge in [-0.25, -0.2) is 4.72 Å². The number of amides is 1. The number of hydrogen-bond acceptors (Lipinski definition) is 7. The van der Waals surface area contributed by atoms with Crippen molar-refractivity contribution in [1.82, 2.24) is 14.5 Å². The lowest BCUT2D eigenvalue weighted by Crippen LogP contribution is -2.46. The van der Waals surface area contributed by atoms with Gasteiger partial charge in [0, 0.05) is 25.7 Å². The van der Waals surface area contributed by atoms with E-state index in [-0.39, 0.29) is 18.7 Å². The van der Waals surface area contributed by atoms with E-state index in [4.69, 9.17) is 9.47 Å². The Morgan fingerprint density at radius 3 is 2.61 bits per heavy atom. The maximum Gasteiger partial charge on any atom is 0.516 e. The molecule has 1 unspecified atom stereocenters. The van der Waals surface area contributed by atoms with Crippen LogP contribution in [0.4, 0.5) is 13.2 Å². The van der Waals surface area contributed by atoms with Gasteiger partial charge in [0.15, 0.2) is 6.23 Å². The third-order valence-corrected chi connectivity index (χ3v) is 9.61. The predicted octanol–water partition coefficient (Wildman–Crippen LogP) is 5.44. The molecule has 1 amide bonds. The van der Waals surface area contributed by atoms with Crippen LogP contribution in [-0.4, -0.2) is 62.1 Å². The lowest BCUT2D eigenvalue weighted by Gasteiger charge is -2.35. The van der Waals surface area contributed by atoms with E-state index in [0.29, 0.717) is 12.3 Å². The fraction of sp³-hybridized carbons (Fsp3) is 0.690. The number of methoxy groups -OCH3 is 1. The summed E-state index contributed by atoms with van der Waals surface area (Å²) in [6.07, 6.45) is 15.9. The van der Waals surface area contributed by atoms with Crippen LogP contribution in [0.5, 0.6) is 5.75 Å². The Morgan fingerprint density at radius 1 is 1.10 bits per heavy atom. The smallest absolute Gasteiger partial charge is 0.497 e. The van der Waals surface area contributed by atoms with Crippen LogP contribution >= 0.6 is 0 Å². The van der Waals surface area contributed by atoms with Crippen LogP contribution in [0.1, 0.15) is 81.8 Å². The summed E-state index contributed by atoms with van der Waals surface area (Å²) < 4.78 is 73.1. The molecule has 2 atom stereocenters. The second kappa shape index (κ2) is 14.1. The van der Waals surface area contributed by atoms with E-state index < -0.39 is 27.9 Å². The van der Waals surface area contributed by atoms with E-state index in [9.17, 15) is 26.4 Å². The molecule has 1 aromatic carbocycles. The normalized spacial score (nSPS) is 22.2. The van der Waals surface area contributed by atoms with Gasteiger partial charge in [-0.15, -0.1) is 0 Å². The molecule has 2 aliphatic heterocycles. The molecule has 230 valence electrons. The minimum Gasteiger partial charge on any atom is -0.497 e. The zero-order valence-corrected chi connectivity index (χ0v) is 24.5. The van der Waals surface area contributed by atoms with Crippen LogP contribution in [0.2, 0.25) is 0 Å². The molecule has 1 saturated carbocycles. The molecule has 1 N–H and O–H groups in total. The Labute approximate surface area is 241 Å². The third kappa shape index (κ3) is 8.53. The van der Waals surface area contributed by atoms with E-state index in [1.165, 1.54) is 44.9 Å². The molecule has 2 heterocycles. The number of unbranched alkanes of at least 4 members (excludes halogenated alkanes) is 1. The Kier molecular flexibility index (Phi) is 10.8. The molecule has 0 aromatic heterocycles. The fourth-order valence-electron chi connectivity index (χ4n) is 6.29. The van der Waals surface area contributed by atoms with Gasteiger partial charge in [0.2, 0.25) is 5.91 Å². The number of ether oxygens (including phenoxy) is 2. The highest BCUT2D eigenvalue weighted by Gasteiger charge is 2.47. The minimum absolute atomic E-state index is 0.0837. The number of hydrogen-bond donors (Lipinski definition) is 1. The number of halogens is 3. The molecule has 2 fully saturated rings. The van der Waals surface area contributed by atoms with Crippen molar-refractivity contribution in [3.05, 3.63) is 41.8 Å². The van der Waals surface area contributed by atoms with Gasteiger partial charge in [-0.05, 0) is 61.4 Å². The summed E-state index contributed by atoms with van der Waals surface area (Å²) in [4.78, 5) is 16.7. The SMILES string of the molecule is COc1ccc(CCC(=O)NS(=O)(=O)C(F)(F)F)c(CN2CCCC2[C@@H]2OC=CN2CCCCC2CCCCC2)c1. The van der Waals surface area contributed by atoms with Crippen LogP contribution in [0.25, 0.3) is 0 Å². The van der Waals surface area contributed by atoms with Crippen molar-refractivity contribution < 1.29 is 35.9 Å². The summed E-state index contributed by atoms with van der Waals surface area (Å²) in [6.45, 7) is 2.36. The first-order chi connectivity index (χ1) is 19.6. The average Bonchev–Trinajstić information content (AvgIpc) is 3.59. The van der Waals surface area contributed by atoms with Crippen LogP contribution in [0, 0.1) is 5.92 Å².